The van der Waals surface area contributed by atoms with E-state index < -0.39 is 0 Å². The molecule has 1 fully saturated rings. The van der Waals surface area contributed by atoms with Crippen LogP contribution in [-0.2, 0) is 4.79 Å². The molecule has 0 aromatic heterocycles. The first-order valence-electron chi connectivity index (χ1n) is 7.46. The van der Waals surface area contributed by atoms with Crippen molar-refractivity contribution >= 4 is 23.6 Å². The third-order valence-corrected chi connectivity index (χ3v) is 4.59. The first kappa shape index (κ1) is 17.1. The Kier molecular flexibility index (Phi) is 8.49. The number of nitrogens with zero attached hydrogens (tertiary/aromatic N) is 1. The van der Waals surface area contributed by atoms with E-state index in [4.69, 9.17) is 0 Å². The zero-order chi connectivity index (χ0) is 14.8. The van der Waals surface area contributed by atoms with Crippen LogP contribution in [0.3, 0.4) is 0 Å². The highest BCUT2D eigenvalue weighted by molar-refractivity contribution is 7.99. The summed E-state index contributed by atoms with van der Waals surface area (Å²) in [6.45, 7) is 3.42. The molecule has 0 radical (unpaired) electrons. The highest BCUT2D eigenvalue weighted by Crippen LogP contribution is 2.27. The smallest absolute Gasteiger partial charge is 0.221 e. The standard InChI is InChI=1S/C14H28N4OS/c1-4-8-16-13(19)7-9-17-14(15-2)18-11-5-6-12(10-11)20-3/h11-12H,4-10H2,1-3H3,(H,16,19)(H2,15,17,18). The summed E-state index contributed by atoms with van der Waals surface area (Å²) in [5.74, 6) is 0.901. The Labute approximate surface area is 126 Å². The molecule has 20 heavy (non-hydrogen) atoms. The van der Waals surface area contributed by atoms with Gasteiger partial charge in [-0.3, -0.25) is 9.79 Å². The van der Waals surface area contributed by atoms with Crippen molar-refractivity contribution in [3.63, 3.8) is 0 Å². The predicted molar refractivity (Wildman–Crippen MR) is 87.4 cm³/mol. The number of nitrogens with one attached hydrogen (secondary N) is 3. The molecule has 5 nitrogen and oxygen atoms in total. The van der Waals surface area contributed by atoms with E-state index in [0.717, 1.165) is 24.2 Å². The van der Waals surface area contributed by atoms with Gasteiger partial charge < -0.3 is 16.0 Å². The third kappa shape index (κ3) is 6.50. The van der Waals surface area contributed by atoms with Crippen molar-refractivity contribution in [2.45, 2.75) is 50.3 Å². The second-order valence-corrected chi connectivity index (χ2v) is 6.25. The first-order chi connectivity index (χ1) is 9.69. The molecule has 1 saturated carbocycles. The molecule has 0 aromatic rings. The molecule has 0 aliphatic heterocycles. The van der Waals surface area contributed by atoms with Gasteiger partial charge >= 0.3 is 0 Å². The fourth-order valence-corrected chi connectivity index (χ4v) is 3.12. The molecule has 1 amide bonds. The molecule has 0 bridgehead atoms. The van der Waals surface area contributed by atoms with Crippen molar-refractivity contribution in [3.05, 3.63) is 0 Å². The molecule has 1 rings (SSSR count). The average molecular weight is 300 g/mol. The fraction of sp³-hybridized carbons (Fsp3) is 0.857. The van der Waals surface area contributed by atoms with E-state index in [1.807, 2.05) is 18.7 Å². The van der Waals surface area contributed by atoms with Crippen LogP contribution in [0.25, 0.3) is 0 Å². The zero-order valence-corrected chi connectivity index (χ0v) is 13.7. The summed E-state index contributed by atoms with van der Waals surface area (Å²) in [6, 6.07) is 0.507. The zero-order valence-electron chi connectivity index (χ0n) is 12.9. The van der Waals surface area contributed by atoms with Crippen LogP contribution in [-0.4, -0.2) is 49.6 Å². The van der Waals surface area contributed by atoms with Crippen LogP contribution in [0.4, 0.5) is 0 Å². The predicted octanol–water partition coefficient (Wildman–Crippen LogP) is 1.35. The molecule has 0 aromatic carbocycles. The van der Waals surface area contributed by atoms with Crippen LogP contribution in [0.1, 0.15) is 39.0 Å². The molecular weight excluding hydrogens is 272 g/mol. The maximum Gasteiger partial charge on any atom is 0.221 e. The molecular formula is C14H28N4OS. The summed E-state index contributed by atoms with van der Waals surface area (Å²) in [7, 11) is 1.77. The molecule has 1 aliphatic carbocycles. The summed E-state index contributed by atoms with van der Waals surface area (Å²) in [5.41, 5.74) is 0. The molecule has 0 heterocycles. The Morgan fingerprint density at radius 2 is 2.10 bits per heavy atom. The van der Waals surface area contributed by atoms with Crippen molar-refractivity contribution in [2.24, 2.45) is 4.99 Å². The van der Waals surface area contributed by atoms with E-state index in [1.54, 1.807) is 7.05 Å². The number of aliphatic imine (C=N–C) groups is 1. The number of rotatable bonds is 7. The van der Waals surface area contributed by atoms with Crippen molar-refractivity contribution in [3.8, 4) is 0 Å². The second kappa shape index (κ2) is 9.91. The topological polar surface area (TPSA) is 65.5 Å². The Balaban J connectivity index is 2.19. The molecule has 1 aliphatic rings. The molecule has 116 valence electrons. The van der Waals surface area contributed by atoms with Crippen molar-refractivity contribution < 1.29 is 4.79 Å². The van der Waals surface area contributed by atoms with Crippen molar-refractivity contribution in [2.75, 3.05) is 26.4 Å². The minimum atomic E-state index is 0.0955. The molecule has 0 spiro atoms. The minimum absolute atomic E-state index is 0.0955. The van der Waals surface area contributed by atoms with Gasteiger partial charge in [0.1, 0.15) is 0 Å². The number of guanidine groups is 1. The molecule has 0 saturated heterocycles. The van der Waals surface area contributed by atoms with Gasteiger partial charge in [-0.25, -0.2) is 0 Å². The molecule has 2 atom stereocenters. The molecule has 3 N–H and O–H groups in total. The lowest BCUT2D eigenvalue weighted by Gasteiger charge is -2.17. The third-order valence-electron chi connectivity index (χ3n) is 3.50. The quantitative estimate of drug-likeness (QED) is 0.490. The van der Waals surface area contributed by atoms with Crippen molar-refractivity contribution in [1.29, 1.82) is 0 Å². The normalized spacial score (nSPS) is 22.6. The summed E-state index contributed by atoms with van der Waals surface area (Å²) in [6.07, 6.45) is 7.30. The highest BCUT2D eigenvalue weighted by atomic mass is 32.2. The average Bonchev–Trinajstić information content (AvgIpc) is 2.91. The van der Waals surface area contributed by atoms with E-state index >= 15 is 0 Å². The van der Waals surface area contributed by atoms with Crippen LogP contribution in [0, 0.1) is 0 Å². The number of carbonyl (C=O) groups is 1. The Bertz CT molecular complexity index is 322. The lowest BCUT2D eigenvalue weighted by Crippen LogP contribution is -2.43. The van der Waals surface area contributed by atoms with Gasteiger partial charge in [-0.05, 0) is 31.9 Å². The summed E-state index contributed by atoms with van der Waals surface area (Å²) < 4.78 is 0. The van der Waals surface area contributed by atoms with Crippen LogP contribution in [0.5, 0.6) is 0 Å². The van der Waals surface area contributed by atoms with Gasteiger partial charge in [-0.15, -0.1) is 0 Å². The fourth-order valence-electron chi connectivity index (χ4n) is 2.32. The van der Waals surface area contributed by atoms with Gasteiger partial charge in [-0.1, -0.05) is 6.92 Å². The lowest BCUT2D eigenvalue weighted by molar-refractivity contribution is -0.120. The maximum atomic E-state index is 11.5. The van der Waals surface area contributed by atoms with Gasteiger partial charge in [0.15, 0.2) is 5.96 Å². The highest BCUT2D eigenvalue weighted by Gasteiger charge is 2.24. The number of thioether (sulfide) groups is 1. The molecule has 2 unspecified atom stereocenters. The van der Waals surface area contributed by atoms with Gasteiger partial charge in [-0.2, -0.15) is 11.8 Å². The van der Waals surface area contributed by atoms with Gasteiger partial charge in [0, 0.05) is 37.8 Å². The summed E-state index contributed by atoms with van der Waals surface area (Å²) >= 11 is 1.95. The van der Waals surface area contributed by atoms with E-state index in [1.165, 1.54) is 19.3 Å². The van der Waals surface area contributed by atoms with E-state index in [-0.39, 0.29) is 5.91 Å². The SMILES string of the molecule is CCCNC(=O)CCNC(=NC)NC1CCC(SC)C1. The summed E-state index contributed by atoms with van der Waals surface area (Å²) in [4.78, 5) is 15.7. The maximum absolute atomic E-state index is 11.5. The van der Waals surface area contributed by atoms with Gasteiger partial charge in [0.2, 0.25) is 5.91 Å². The summed E-state index contributed by atoms with van der Waals surface area (Å²) in [5, 5.41) is 10.3. The largest absolute Gasteiger partial charge is 0.356 e. The second-order valence-electron chi connectivity index (χ2n) is 5.11. The Hall–Kier alpha value is -0.910. The van der Waals surface area contributed by atoms with Crippen LogP contribution in [0.2, 0.25) is 0 Å². The van der Waals surface area contributed by atoms with E-state index in [0.29, 0.717) is 19.0 Å². The minimum Gasteiger partial charge on any atom is -0.356 e. The number of hydrogen-bond donors (Lipinski definition) is 3. The van der Waals surface area contributed by atoms with E-state index in [2.05, 4.69) is 27.2 Å². The van der Waals surface area contributed by atoms with Crippen LogP contribution < -0.4 is 16.0 Å². The van der Waals surface area contributed by atoms with Gasteiger partial charge in [0.25, 0.3) is 0 Å². The molecule has 6 heteroatoms. The monoisotopic (exact) mass is 300 g/mol. The van der Waals surface area contributed by atoms with Crippen LogP contribution in [0.15, 0.2) is 4.99 Å². The van der Waals surface area contributed by atoms with Gasteiger partial charge in [0.05, 0.1) is 0 Å². The Morgan fingerprint density at radius 1 is 1.30 bits per heavy atom. The lowest BCUT2D eigenvalue weighted by atomic mass is 10.2. The number of carbonyl (C=O) groups excluding carboxylic acids is 1. The first-order valence-corrected chi connectivity index (χ1v) is 8.75. The van der Waals surface area contributed by atoms with Crippen LogP contribution >= 0.6 is 11.8 Å². The number of hydrogen-bond acceptors (Lipinski definition) is 3. The van der Waals surface area contributed by atoms with Crippen molar-refractivity contribution in [1.82, 2.24) is 16.0 Å². The van der Waals surface area contributed by atoms with E-state index in [9.17, 15) is 4.79 Å². The number of amides is 1. The Morgan fingerprint density at radius 3 is 2.70 bits per heavy atom.